The van der Waals surface area contributed by atoms with Gasteiger partial charge in [-0.1, -0.05) is 115 Å². The first kappa shape index (κ1) is 42.6. The van der Waals surface area contributed by atoms with Gasteiger partial charge < -0.3 is 14.4 Å². The molecule has 9 heteroatoms. The van der Waals surface area contributed by atoms with Gasteiger partial charge in [0.1, 0.15) is 27.7 Å². The molecule has 14 rings (SSSR count). The molecule has 4 aliphatic heterocycles. The maximum atomic E-state index is 5.44. The van der Waals surface area contributed by atoms with Crippen molar-refractivity contribution in [3.8, 4) is 27.9 Å². The maximum Gasteiger partial charge on any atom is 0.146 e. The summed E-state index contributed by atoms with van der Waals surface area (Å²) in [6, 6.07) is 53.0. The topological polar surface area (TPSA) is 85.2 Å². The summed E-state index contributed by atoms with van der Waals surface area (Å²) in [6.45, 7) is 12.6. The van der Waals surface area contributed by atoms with Gasteiger partial charge in [0.25, 0.3) is 0 Å². The number of nitrogens with zero attached hydrogens (tertiary/aromatic N) is 8. The molecule has 0 radical (unpaired) electrons. The van der Waals surface area contributed by atoms with Crippen molar-refractivity contribution in [1.82, 2.24) is 9.88 Å². The van der Waals surface area contributed by atoms with Gasteiger partial charge in [-0.15, -0.1) is 0 Å². The van der Waals surface area contributed by atoms with Crippen LogP contribution < -0.4 is 36.5 Å². The van der Waals surface area contributed by atoms with Crippen LogP contribution in [0.3, 0.4) is 0 Å². The van der Waals surface area contributed by atoms with E-state index in [1.807, 2.05) is 0 Å². The van der Waals surface area contributed by atoms with Gasteiger partial charge in [0.15, 0.2) is 0 Å². The summed E-state index contributed by atoms with van der Waals surface area (Å²) >= 11 is 0. The number of hydrogen-bond donors (Lipinski definition) is 1. The molecule has 3 atom stereocenters. The van der Waals surface area contributed by atoms with Crippen LogP contribution in [0.1, 0.15) is 53.0 Å². The van der Waals surface area contributed by atoms with Crippen LogP contribution in [-0.2, 0) is 0 Å². The lowest BCUT2D eigenvalue weighted by Crippen LogP contribution is -2.43. The van der Waals surface area contributed by atoms with Crippen LogP contribution in [-0.4, -0.2) is 39.4 Å². The molecule has 0 saturated heterocycles. The maximum absolute atomic E-state index is 5.44. The molecule has 1 aromatic heterocycles. The van der Waals surface area contributed by atoms with E-state index in [-0.39, 0.29) is 12.1 Å². The monoisotopic (exact) mass is 935 g/mol. The van der Waals surface area contributed by atoms with E-state index < -0.39 is 17.0 Å². The van der Waals surface area contributed by atoms with Crippen molar-refractivity contribution in [2.24, 2.45) is 25.0 Å². The minimum Gasteiger partial charge on any atom is -0.333 e. The zero-order chi connectivity index (χ0) is 48.7. The quantitative estimate of drug-likeness (QED) is 0.173. The summed E-state index contributed by atoms with van der Waals surface area (Å²) in [7, 11) is 0. The van der Waals surface area contributed by atoms with Crippen LogP contribution in [0.4, 0.5) is 22.7 Å². The summed E-state index contributed by atoms with van der Waals surface area (Å²) in [5.41, 5.74) is 13.4. The molecule has 1 N–H and O–H groups in total. The molecule has 2 aliphatic carbocycles. The van der Waals surface area contributed by atoms with E-state index >= 15 is 0 Å². The minimum atomic E-state index is -0.693. The molecule has 5 heterocycles. The molecule has 350 valence electrons. The molecule has 0 bridgehead atoms. The molecule has 8 aromatic rings. The van der Waals surface area contributed by atoms with E-state index in [9.17, 15) is 0 Å². The van der Waals surface area contributed by atoms with Gasteiger partial charge in [-0.2, -0.15) is 0 Å². The van der Waals surface area contributed by atoms with Gasteiger partial charge in [-0.05, 0) is 131 Å². The number of benzene rings is 7. The first-order chi connectivity index (χ1) is 34.9. The first-order valence-corrected chi connectivity index (χ1v) is 25.1. The largest absolute Gasteiger partial charge is 0.333 e. The SMILES string of the molecule is CC1(C)N=c2c(-c3ccc(N4c5ccccc5C5C=CC=CC54)cc3)ccc(N(C3=CC=CC4NC(C)(C)N=C34)c3ccc(-c4ccc(-n5c6ccccc6c6ccccc65)cc4)c4c3=NC(C)(C)N=4)c2=N1. The van der Waals surface area contributed by atoms with Crippen LogP contribution in [0.25, 0.3) is 49.7 Å². The van der Waals surface area contributed by atoms with Crippen molar-refractivity contribution < 1.29 is 0 Å². The molecular formula is C63H53N9. The Morgan fingerprint density at radius 2 is 1.04 bits per heavy atom. The number of allylic oxidation sites excluding steroid dienone is 4. The van der Waals surface area contributed by atoms with Crippen LogP contribution in [0.5, 0.6) is 0 Å². The number of aliphatic imine (C=N–C) groups is 1. The molecule has 7 aromatic carbocycles. The Balaban J connectivity index is 0.908. The van der Waals surface area contributed by atoms with Gasteiger partial charge in [0, 0.05) is 44.9 Å². The van der Waals surface area contributed by atoms with E-state index in [4.69, 9.17) is 25.0 Å². The van der Waals surface area contributed by atoms with Crippen LogP contribution >= 0.6 is 0 Å². The molecular weight excluding hydrogens is 883 g/mol. The van der Waals surface area contributed by atoms with E-state index in [1.165, 1.54) is 33.1 Å². The standard InChI is InChI=1S/C63H53N9/c1-61(2)64-48-20-15-25-53(58(48)67-61)72(54-36-34-42(56-59(54)68-62(3,4)65-56)38-26-30-40(31-27-38)70-49-21-11-7-16-44(49)45-17-8-12-22-50(45)70)55-37-35-43(57-60(55)69-63(5,6)66-57)39-28-32-41(33-29-39)71-51-23-13-9-18-46(51)47-19-10-14-24-52(47)71/h7-37,44,48-49,64H,1-6H3. The van der Waals surface area contributed by atoms with Gasteiger partial charge in [0.05, 0.1) is 56.6 Å². The molecule has 72 heavy (non-hydrogen) atoms. The first-order valence-electron chi connectivity index (χ1n) is 25.1. The molecule has 0 amide bonds. The summed E-state index contributed by atoms with van der Waals surface area (Å²) in [5, 5.41) is 9.63. The Morgan fingerprint density at radius 1 is 0.500 bits per heavy atom. The number of nitrogens with one attached hydrogen (secondary N) is 1. The summed E-state index contributed by atoms with van der Waals surface area (Å²) < 4.78 is 2.36. The number of anilines is 4. The number of para-hydroxylation sites is 3. The van der Waals surface area contributed by atoms with Crippen LogP contribution in [0, 0.1) is 0 Å². The normalized spacial score (nSPS) is 20.9. The molecule has 3 unspecified atom stereocenters. The van der Waals surface area contributed by atoms with E-state index in [2.05, 4.69) is 249 Å². The Bertz CT molecular complexity index is 4020. The second kappa shape index (κ2) is 15.4. The number of hydrogen-bond acceptors (Lipinski definition) is 8. The average molecular weight is 936 g/mol. The zero-order valence-electron chi connectivity index (χ0n) is 41.2. The van der Waals surface area contributed by atoms with Gasteiger partial charge >= 0.3 is 0 Å². The van der Waals surface area contributed by atoms with E-state index in [0.717, 1.165) is 77.8 Å². The average Bonchev–Trinajstić information content (AvgIpc) is 4.17. The Hall–Kier alpha value is -8.27. The highest BCUT2D eigenvalue weighted by Crippen LogP contribution is 2.48. The lowest BCUT2D eigenvalue weighted by molar-refractivity contribution is 0.440. The Kier molecular flexibility index (Phi) is 9.09. The number of aromatic nitrogens is 1. The van der Waals surface area contributed by atoms with Crippen molar-refractivity contribution in [2.45, 2.75) is 76.5 Å². The van der Waals surface area contributed by atoms with Gasteiger partial charge in [-0.3, -0.25) is 30.3 Å². The molecule has 0 fully saturated rings. The van der Waals surface area contributed by atoms with Crippen LogP contribution in [0.2, 0.25) is 0 Å². The zero-order valence-corrected chi connectivity index (χ0v) is 41.2. The van der Waals surface area contributed by atoms with E-state index in [0.29, 0.717) is 5.92 Å². The molecule has 9 nitrogen and oxygen atoms in total. The molecule has 6 aliphatic rings. The summed E-state index contributed by atoms with van der Waals surface area (Å²) in [6.07, 6.45) is 15.5. The summed E-state index contributed by atoms with van der Waals surface area (Å²) in [5.74, 6) is 0.323. The van der Waals surface area contributed by atoms with Crippen molar-refractivity contribution in [2.75, 3.05) is 9.80 Å². The number of fused-ring (bicyclic) bond motifs is 9. The van der Waals surface area contributed by atoms with Crippen molar-refractivity contribution in [1.29, 1.82) is 0 Å². The fourth-order valence-electron chi connectivity index (χ4n) is 12.1. The van der Waals surface area contributed by atoms with Crippen molar-refractivity contribution >= 4 is 50.3 Å². The predicted octanol–water partition coefficient (Wildman–Crippen LogP) is 11.6. The van der Waals surface area contributed by atoms with Crippen molar-refractivity contribution in [3.63, 3.8) is 0 Å². The van der Waals surface area contributed by atoms with Gasteiger partial charge in [-0.25, -0.2) is 0 Å². The fraction of sp³-hybridized carbons (Fsp3) is 0.190. The highest BCUT2D eigenvalue weighted by molar-refractivity contribution is 6.12. The molecule has 0 saturated carbocycles. The smallest absolute Gasteiger partial charge is 0.146 e. The lowest BCUT2D eigenvalue weighted by atomic mass is 9.91. The van der Waals surface area contributed by atoms with Crippen LogP contribution in [0.15, 0.2) is 219 Å². The fourth-order valence-corrected chi connectivity index (χ4v) is 12.1. The third kappa shape index (κ3) is 6.60. The highest BCUT2D eigenvalue weighted by atomic mass is 15.3. The van der Waals surface area contributed by atoms with Crippen molar-refractivity contribution in [3.05, 3.63) is 221 Å². The Morgan fingerprint density at radius 3 is 1.67 bits per heavy atom. The number of rotatable bonds is 7. The molecule has 0 spiro atoms. The predicted molar refractivity (Wildman–Crippen MR) is 292 cm³/mol. The third-order valence-corrected chi connectivity index (χ3v) is 15.0. The lowest BCUT2D eigenvalue weighted by Gasteiger charge is -2.31. The summed E-state index contributed by atoms with van der Waals surface area (Å²) in [4.78, 5) is 31.8. The third-order valence-electron chi connectivity index (χ3n) is 15.0. The highest BCUT2D eigenvalue weighted by Gasteiger charge is 2.40. The minimum absolute atomic E-state index is 0.0668. The second-order valence-electron chi connectivity index (χ2n) is 21.2. The van der Waals surface area contributed by atoms with Gasteiger partial charge in [0.2, 0.25) is 0 Å². The Labute approximate surface area is 418 Å². The van der Waals surface area contributed by atoms with E-state index in [1.54, 1.807) is 0 Å². The second-order valence-corrected chi connectivity index (χ2v) is 21.2.